The number of amides is 1. The van der Waals surface area contributed by atoms with Gasteiger partial charge in [0.1, 0.15) is 5.69 Å². The van der Waals surface area contributed by atoms with E-state index in [0.717, 1.165) is 37.8 Å². The summed E-state index contributed by atoms with van der Waals surface area (Å²) in [6, 6.07) is 2.02. The molecular weight excluding hydrogens is 276 g/mol. The summed E-state index contributed by atoms with van der Waals surface area (Å²) >= 11 is 0. The van der Waals surface area contributed by atoms with Gasteiger partial charge < -0.3 is 10.7 Å². The van der Waals surface area contributed by atoms with Gasteiger partial charge in [-0.3, -0.25) is 10.6 Å². The van der Waals surface area contributed by atoms with Crippen molar-refractivity contribution in [2.24, 2.45) is 11.3 Å². The van der Waals surface area contributed by atoms with Crippen LogP contribution < -0.4 is 16.6 Å². The van der Waals surface area contributed by atoms with E-state index in [-0.39, 0.29) is 17.0 Å². The number of carbonyl (C=O) groups excluding carboxylic acids is 1. The van der Waals surface area contributed by atoms with Gasteiger partial charge >= 0.3 is 0 Å². The number of carbonyl (C=O) groups is 1. The zero-order valence-electron chi connectivity index (χ0n) is 12.3. The van der Waals surface area contributed by atoms with Crippen molar-refractivity contribution >= 4 is 11.6 Å². The summed E-state index contributed by atoms with van der Waals surface area (Å²) in [6.07, 6.45) is 3.92. The van der Waals surface area contributed by atoms with Crippen LogP contribution >= 0.6 is 0 Å². The molecule has 4 N–H and O–H groups in total. The van der Waals surface area contributed by atoms with Crippen molar-refractivity contribution in [2.45, 2.75) is 45.6 Å². The molecule has 1 saturated carbocycles. The maximum atomic E-state index is 13.6. The van der Waals surface area contributed by atoms with E-state index in [9.17, 15) is 13.6 Å². The Kier molecular flexibility index (Phi) is 4.46. The number of benzene rings is 1. The fourth-order valence-electron chi connectivity index (χ4n) is 2.93. The summed E-state index contributed by atoms with van der Waals surface area (Å²) in [5.41, 5.74) is 1.65. The largest absolute Gasteiger partial charge is 0.349 e. The Labute approximate surface area is 123 Å². The summed E-state index contributed by atoms with van der Waals surface area (Å²) < 4.78 is 27.2. The molecule has 1 aromatic rings. The second kappa shape index (κ2) is 5.97. The molecule has 1 atom stereocenters. The van der Waals surface area contributed by atoms with Crippen LogP contribution in [-0.2, 0) is 0 Å². The number of hydrazine groups is 1. The Morgan fingerprint density at radius 3 is 2.48 bits per heavy atom. The van der Waals surface area contributed by atoms with E-state index in [0.29, 0.717) is 0 Å². The zero-order valence-corrected chi connectivity index (χ0v) is 12.3. The molecule has 0 heterocycles. The molecule has 2 rings (SSSR count). The molecule has 0 saturated heterocycles. The first-order valence-electron chi connectivity index (χ1n) is 7.09. The highest BCUT2D eigenvalue weighted by Gasteiger charge is 2.29. The lowest BCUT2D eigenvalue weighted by atomic mass is 9.75. The molecular formula is C15H21F2N3O. The predicted octanol–water partition coefficient (Wildman–Crippen LogP) is 2.95. The minimum Gasteiger partial charge on any atom is -0.349 e. The Balaban J connectivity index is 2.10. The predicted molar refractivity (Wildman–Crippen MR) is 77.7 cm³/mol. The first-order valence-corrected chi connectivity index (χ1v) is 7.09. The number of hydrogen-bond donors (Lipinski definition) is 3. The van der Waals surface area contributed by atoms with Crippen LogP contribution in [0.15, 0.2) is 12.1 Å². The first-order chi connectivity index (χ1) is 9.82. The van der Waals surface area contributed by atoms with E-state index in [1.165, 1.54) is 0 Å². The Bertz CT molecular complexity index is 523. The third-order valence-corrected chi connectivity index (χ3v) is 3.99. The standard InChI is InChI=1S/C15H21F2N3O/c1-15(2)5-3-4-10(8-15)19-14(21)9-6-11(16)13(20-18)12(17)7-9/h6-7,10,20H,3-5,8,18H2,1-2H3,(H,19,21). The summed E-state index contributed by atoms with van der Waals surface area (Å²) in [6.45, 7) is 4.32. The smallest absolute Gasteiger partial charge is 0.251 e. The van der Waals surface area contributed by atoms with Gasteiger partial charge in [-0.25, -0.2) is 8.78 Å². The quantitative estimate of drug-likeness (QED) is 0.593. The van der Waals surface area contributed by atoms with Crippen LogP contribution in [-0.4, -0.2) is 11.9 Å². The maximum Gasteiger partial charge on any atom is 0.251 e. The molecule has 1 aliphatic rings. The van der Waals surface area contributed by atoms with Crippen LogP contribution in [0, 0.1) is 17.0 Å². The lowest BCUT2D eigenvalue weighted by Gasteiger charge is -2.35. The van der Waals surface area contributed by atoms with Gasteiger partial charge in [-0.1, -0.05) is 20.3 Å². The van der Waals surface area contributed by atoms with Crippen molar-refractivity contribution in [3.05, 3.63) is 29.3 Å². The van der Waals surface area contributed by atoms with E-state index in [2.05, 4.69) is 19.2 Å². The molecule has 21 heavy (non-hydrogen) atoms. The number of halogens is 2. The van der Waals surface area contributed by atoms with Gasteiger partial charge in [-0.05, 0) is 36.8 Å². The molecule has 6 heteroatoms. The molecule has 1 aliphatic carbocycles. The summed E-state index contributed by atoms with van der Waals surface area (Å²) in [5.74, 6) is 2.80. The lowest BCUT2D eigenvalue weighted by Crippen LogP contribution is -2.40. The topological polar surface area (TPSA) is 67.2 Å². The average molecular weight is 297 g/mol. The minimum atomic E-state index is -0.883. The number of hydrogen-bond acceptors (Lipinski definition) is 3. The van der Waals surface area contributed by atoms with Crippen LogP contribution in [0.4, 0.5) is 14.5 Å². The Morgan fingerprint density at radius 1 is 1.33 bits per heavy atom. The third kappa shape index (κ3) is 3.69. The number of nitrogens with two attached hydrogens (primary N) is 1. The Morgan fingerprint density at radius 2 is 1.95 bits per heavy atom. The Hall–Kier alpha value is -1.69. The fourth-order valence-corrected chi connectivity index (χ4v) is 2.93. The van der Waals surface area contributed by atoms with Crippen LogP contribution in [0.5, 0.6) is 0 Å². The summed E-state index contributed by atoms with van der Waals surface area (Å²) in [4.78, 5) is 12.1. The van der Waals surface area contributed by atoms with Gasteiger partial charge in [-0.2, -0.15) is 0 Å². The lowest BCUT2D eigenvalue weighted by molar-refractivity contribution is 0.0901. The van der Waals surface area contributed by atoms with Crippen LogP contribution in [0.3, 0.4) is 0 Å². The second-order valence-corrected chi connectivity index (χ2v) is 6.39. The molecule has 1 aromatic carbocycles. The van der Waals surface area contributed by atoms with Crippen LogP contribution in [0.1, 0.15) is 49.9 Å². The van der Waals surface area contributed by atoms with Gasteiger partial charge in [0.2, 0.25) is 0 Å². The van der Waals surface area contributed by atoms with Crippen molar-refractivity contribution in [1.29, 1.82) is 0 Å². The molecule has 0 bridgehead atoms. The van der Waals surface area contributed by atoms with E-state index in [4.69, 9.17) is 5.84 Å². The molecule has 4 nitrogen and oxygen atoms in total. The minimum absolute atomic E-state index is 0.0348. The highest BCUT2D eigenvalue weighted by molar-refractivity contribution is 5.94. The molecule has 0 aliphatic heterocycles. The van der Waals surface area contributed by atoms with E-state index >= 15 is 0 Å². The van der Waals surface area contributed by atoms with E-state index < -0.39 is 23.2 Å². The molecule has 116 valence electrons. The summed E-state index contributed by atoms with van der Waals surface area (Å²) in [7, 11) is 0. The molecule has 0 spiro atoms. The van der Waals surface area contributed by atoms with Gasteiger partial charge in [-0.15, -0.1) is 0 Å². The number of nitrogens with one attached hydrogen (secondary N) is 2. The molecule has 1 unspecified atom stereocenters. The van der Waals surface area contributed by atoms with E-state index in [1.54, 1.807) is 0 Å². The van der Waals surface area contributed by atoms with Gasteiger partial charge in [0, 0.05) is 11.6 Å². The highest BCUT2D eigenvalue weighted by atomic mass is 19.1. The van der Waals surface area contributed by atoms with Gasteiger partial charge in [0.25, 0.3) is 5.91 Å². The molecule has 1 amide bonds. The first kappa shape index (κ1) is 15.7. The van der Waals surface area contributed by atoms with Crippen molar-refractivity contribution in [1.82, 2.24) is 5.32 Å². The molecule has 0 radical (unpaired) electrons. The average Bonchev–Trinajstić information content (AvgIpc) is 2.37. The van der Waals surface area contributed by atoms with Crippen molar-refractivity contribution < 1.29 is 13.6 Å². The zero-order chi connectivity index (χ0) is 15.6. The van der Waals surface area contributed by atoms with Gasteiger partial charge in [0.15, 0.2) is 11.6 Å². The van der Waals surface area contributed by atoms with Crippen LogP contribution in [0.2, 0.25) is 0 Å². The number of anilines is 1. The monoisotopic (exact) mass is 297 g/mol. The highest BCUT2D eigenvalue weighted by Crippen LogP contribution is 2.35. The molecule has 0 aromatic heterocycles. The normalized spacial score (nSPS) is 20.9. The van der Waals surface area contributed by atoms with Crippen molar-refractivity contribution in [2.75, 3.05) is 5.43 Å². The van der Waals surface area contributed by atoms with E-state index in [1.807, 2.05) is 5.43 Å². The SMILES string of the molecule is CC1(C)CCCC(NC(=O)c2cc(F)c(NN)c(F)c2)C1. The third-order valence-electron chi connectivity index (χ3n) is 3.99. The number of nitrogen functional groups attached to an aromatic ring is 1. The second-order valence-electron chi connectivity index (χ2n) is 6.39. The fraction of sp³-hybridized carbons (Fsp3) is 0.533. The summed E-state index contributed by atoms with van der Waals surface area (Å²) in [5, 5.41) is 2.86. The maximum absolute atomic E-state index is 13.6. The number of rotatable bonds is 3. The van der Waals surface area contributed by atoms with Crippen LogP contribution in [0.25, 0.3) is 0 Å². The van der Waals surface area contributed by atoms with Crippen molar-refractivity contribution in [3.63, 3.8) is 0 Å². The van der Waals surface area contributed by atoms with Crippen molar-refractivity contribution in [3.8, 4) is 0 Å². The van der Waals surface area contributed by atoms with Gasteiger partial charge in [0.05, 0.1) is 0 Å². The molecule has 1 fully saturated rings.